The molecule has 0 fully saturated rings. The summed E-state index contributed by atoms with van der Waals surface area (Å²) in [5.74, 6) is 4.23. The summed E-state index contributed by atoms with van der Waals surface area (Å²) >= 11 is 1.55. The van der Waals surface area contributed by atoms with Crippen LogP contribution in [-0.4, -0.2) is 30.5 Å². The monoisotopic (exact) mass is 258 g/mol. The van der Waals surface area contributed by atoms with E-state index in [1.54, 1.807) is 36.0 Å². The molecule has 0 heterocycles. The minimum atomic E-state index is -1.99. The van der Waals surface area contributed by atoms with Crippen LogP contribution in [0.4, 0.5) is 8.78 Å². The summed E-state index contributed by atoms with van der Waals surface area (Å²) in [5.41, 5.74) is 0. The molecule has 0 radical (unpaired) electrons. The SMILES string of the molecule is CSc1ccc(OC(F)C(O)C#CCF)cc1. The fourth-order valence-electron chi connectivity index (χ4n) is 1.06. The minimum absolute atomic E-state index is 0.288. The number of ether oxygens (including phenoxy) is 1. The molecule has 0 saturated carbocycles. The van der Waals surface area contributed by atoms with E-state index >= 15 is 0 Å². The fourth-order valence-corrected chi connectivity index (χ4v) is 1.47. The maximum absolute atomic E-state index is 13.3. The smallest absolute Gasteiger partial charge is 0.275 e. The molecular weight excluding hydrogens is 246 g/mol. The van der Waals surface area contributed by atoms with Gasteiger partial charge in [0.25, 0.3) is 6.36 Å². The maximum atomic E-state index is 13.3. The molecular formula is C12H12F2O2S. The molecule has 0 amide bonds. The van der Waals surface area contributed by atoms with E-state index in [1.807, 2.05) is 18.1 Å². The van der Waals surface area contributed by atoms with Crippen LogP contribution in [0.1, 0.15) is 0 Å². The molecule has 2 unspecified atom stereocenters. The second-order valence-electron chi connectivity index (χ2n) is 3.04. The van der Waals surface area contributed by atoms with E-state index in [4.69, 9.17) is 9.84 Å². The Balaban J connectivity index is 2.57. The highest BCUT2D eigenvalue weighted by molar-refractivity contribution is 7.98. The lowest BCUT2D eigenvalue weighted by Crippen LogP contribution is -2.25. The van der Waals surface area contributed by atoms with Crippen molar-refractivity contribution in [1.82, 2.24) is 0 Å². The van der Waals surface area contributed by atoms with Crippen LogP contribution < -0.4 is 4.74 Å². The standard InChI is InChI=1S/C12H12F2O2S/c1-17-10-6-4-9(5-7-10)16-12(14)11(15)3-2-8-13/h4-7,11-12,15H,8H2,1H3. The van der Waals surface area contributed by atoms with E-state index in [0.717, 1.165) is 4.90 Å². The lowest BCUT2D eigenvalue weighted by atomic mass is 10.3. The predicted molar refractivity (Wildman–Crippen MR) is 63.5 cm³/mol. The Morgan fingerprint density at radius 3 is 2.59 bits per heavy atom. The summed E-state index contributed by atoms with van der Waals surface area (Å²) in [6.45, 7) is -0.924. The molecule has 0 saturated heterocycles. The van der Waals surface area contributed by atoms with Crippen LogP contribution >= 0.6 is 11.8 Å². The van der Waals surface area contributed by atoms with Crippen molar-refractivity contribution >= 4 is 11.8 Å². The molecule has 1 aromatic rings. The van der Waals surface area contributed by atoms with Gasteiger partial charge in [0.2, 0.25) is 0 Å². The number of aliphatic hydroxyl groups excluding tert-OH is 1. The number of halogens is 2. The molecule has 0 aliphatic rings. The molecule has 0 spiro atoms. The molecule has 2 nitrogen and oxygen atoms in total. The van der Waals surface area contributed by atoms with Gasteiger partial charge in [-0.15, -0.1) is 11.8 Å². The average Bonchev–Trinajstić information content (AvgIpc) is 2.36. The van der Waals surface area contributed by atoms with Crippen LogP contribution in [0.2, 0.25) is 0 Å². The molecule has 92 valence electrons. The van der Waals surface area contributed by atoms with Gasteiger partial charge >= 0.3 is 0 Å². The predicted octanol–water partition coefficient (Wildman–Crippen LogP) is 2.42. The van der Waals surface area contributed by atoms with Gasteiger partial charge < -0.3 is 9.84 Å². The van der Waals surface area contributed by atoms with Gasteiger partial charge in [0.15, 0.2) is 6.10 Å². The zero-order valence-electron chi connectivity index (χ0n) is 9.19. The first-order valence-corrected chi connectivity index (χ1v) is 6.07. The molecule has 0 aliphatic heterocycles. The summed E-state index contributed by atoms with van der Waals surface area (Å²) in [4.78, 5) is 1.02. The van der Waals surface area contributed by atoms with Gasteiger partial charge in [0.05, 0.1) is 0 Å². The lowest BCUT2D eigenvalue weighted by molar-refractivity contribution is -0.0190. The molecule has 0 aliphatic carbocycles. The van der Waals surface area contributed by atoms with E-state index in [9.17, 15) is 8.78 Å². The van der Waals surface area contributed by atoms with Gasteiger partial charge in [-0.1, -0.05) is 11.8 Å². The largest absolute Gasteiger partial charge is 0.456 e. The van der Waals surface area contributed by atoms with Crippen molar-refractivity contribution in [2.45, 2.75) is 17.4 Å². The highest BCUT2D eigenvalue weighted by Crippen LogP contribution is 2.20. The zero-order chi connectivity index (χ0) is 12.7. The van der Waals surface area contributed by atoms with Crippen LogP contribution in [0.15, 0.2) is 29.2 Å². The number of alkyl halides is 2. The normalized spacial score (nSPS) is 13.4. The van der Waals surface area contributed by atoms with Crippen LogP contribution in [-0.2, 0) is 0 Å². The summed E-state index contributed by atoms with van der Waals surface area (Å²) in [7, 11) is 0. The van der Waals surface area contributed by atoms with E-state index in [2.05, 4.69) is 0 Å². The maximum Gasteiger partial charge on any atom is 0.275 e. The summed E-state index contributed by atoms with van der Waals surface area (Å²) in [5, 5.41) is 9.17. The molecule has 5 heteroatoms. The van der Waals surface area contributed by atoms with Crippen molar-refractivity contribution in [2.75, 3.05) is 12.9 Å². The number of benzene rings is 1. The van der Waals surface area contributed by atoms with E-state index in [0.29, 0.717) is 0 Å². The third-order valence-corrected chi connectivity index (χ3v) is 2.62. The third-order valence-electron chi connectivity index (χ3n) is 1.87. The topological polar surface area (TPSA) is 29.5 Å². The Labute approximate surface area is 103 Å². The van der Waals surface area contributed by atoms with Crippen molar-refractivity contribution in [3.8, 4) is 17.6 Å². The minimum Gasteiger partial charge on any atom is -0.456 e. The first kappa shape index (κ1) is 13.8. The summed E-state index contributed by atoms with van der Waals surface area (Å²) < 4.78 is 29.8. The van der Waals surface area contributed by atoms with Gasteiger partial charge in [0.1, 0.15) is 12.4 Å². The van der Waals surface area contributed by atoms with E-state index in [-0.39, 0.29) is 5.75 Å². The first-order valence-electron chi connectivity index (χ1n) is 4.84. The average molecular weight is 258 g/mol. The number of thioether (sulfide) groups is 1. The van der Waals surface area contributed by atoms with Crippen LogP contribution in [0.25, 0.3) is 0 Å². The van der Waals surface area contributed by atoms with Gasteiger partial charge in [-0.3, -0.25) is 0 Å². The Bertz CT molecular complexity index is 397. The quantitative estimate of drug-likeness (QED) is 0.664. The van der Waals surface area contributed by atoms with Crippen LogP contribution in [0, 0.1) is 11.8 Å². The Morgan fingerprint density at radius 1 is 1.41 bits per heavy atom. The molecule has 0 bridgehead atoms. The Kier molecular flexibility index (Phi) is 5.81. The van der Waals surface area contributed by atoms with Gasteiger partial charge in [0, 0.05) is 4.90 Å². The lowest BCUT2D eigenvalue weighted by Gasteiger charge is -2.13. The first-order chi connectivity index (χ1) is 8.17. The number of rotatable bonds is 4. The number of hydrogen-bond acceptors (Lipinski definition) is 3. The molecule has 1 N–H and O–H groups in total. The molecule has 1 rings (SSSR count). The fraction of sp³-hybridized carbons (Fsp3) is 0.333. The Morgan fingerprint density at radius 2 is 2.06 bits per heavy atom. The summed E-state index contributed by atoms with van der Waals surface area (Å²) in [6, 6.07) is 6.72. The van der Waals surface area contributed by atoms with E-state index < -0.39 is 19.1 Å². The van der Waals surface area contributed by atoms with Crippen LogP contribution in [0.3, 0.4) is 0 Å². The molecule has 17 heavy (non-hydrogen) atoms. The zero-order valence-corrected chi connectivity index (χ0v) is 10.0. The van der Waals surface area contributed by atoms with Crippen molar-refractivity contribution in [3.63, 3.8) is 0 Å². The second-order valence-corrected chi connectivity index (χ2v) is 3.92. The number of aliphatic hydroxyl groups is 1. The highest BCUT2D eigenvalue weighted by atomic mass is 32.2. The van der Waals surface area contributed by atoms with Crippen molar-refractivity contribution in [2.24, 2.45) is 0 Å². The highest BCUT2D eigenvalue weighted by Gasteiger charge is 2.17. The molecule has 1 aromatic carbocycles. The van der Waals surface area contributed by atoms with Gasteiger partial charge in [-0.25, -0.2) is 4.39 Å². The third kappa shape index (κ3) is 4.63. The van der Waals surface area contributed by atoms with Crippen molar-refractivity contribution < 1.29 is 18.6 Å². The number of hydrogen-bond donors (Lipinski definition) is 1. The molecule has 0 aromatic heterocycles. The van der Waals surface area contributed by atoms with Gasteiger partial charge in [-0.05, 0) is 30.5 Å². The molecule has 2 atom stereocenters. The second kappa shape index (κ2) is 7.15. The van der Waals surface area contributed by atoms with Crippen LogP contribution in [0.5, 0.6) is 5.75 Å². The van der Waals surface area contributed by atoms with Crippen molar-refractivity contribution in [3.05, 3.63) is 24.3 Å². The van der Waals surface area contributed by atoms with E-state index in [1.165, 1.54) is 0 Å². The van der Waals surface area contributed by atoms with Gasteiger partial charge in [-0.2, -0.15) is 4.39 Å². The summed E-state index contributed by atoms with van der Waals surface area (Å²) in [6.07, 6.45) is -1.72. The van der Waals surface area contributed by atoms with Crippen molar-refractivity contribution in [1.29, 1.82) is 0 Å². The Hall–Kier alpha value is -1.25.